The number of β-amino-alcohol motifs (C(OH)–C–C–N with tert-alkyl or cyclic N) is 1. The van der Waals surface area contributed by atoms with Gasteiger partial charge in [0.25, 0.3) is 0 Å². The first-order valence-corrected chi connectivity index (χ1v) is 11.7. The summed E-state index contributed by atoms with van der Waals surface area (Å²) in [4.78, 5) is 25.3. The molecular formula is C18H33NO6Si. The molecule has 0 aliphatic carbocycles. The van der Waals surface area contributed by atoms with Gasteiger partial charge in [-0.3, -0.25) is 4.90 Å². The first-order chi connectivity index (χ1) is 11.5. The SMILES string of the molecule is CC(C)(C)OC(=O)N1C[C@@H](O)C(C(=O)O)=C[C@H]1CO[Si](C)(C)C(C)(C)C. The topological polar surface area (TPSA) is 96.3 Å². The Kier molecular flexibility index (Phi) is 6.71. The lowest BCUT2D eigenvalue weighted by molar-refractivity contribution is -0.134. The summed E-state index contributed by atoms with van der Waals surface area (Å²) < 4.78 is 11.6. The van der Waals surface area contributed by atoms with Crippen LogP contribution in [0.4, 0.5) is 4.79 Å². The molecule has 0 aromatic rings. The van der Waals surface area contributed by atoms with Gasteiger partial charge in [-0.1, -0.05) is 20.8 Å². The van der Waals surface area contributed by atoms with Crippen molar-refractivity contribution in [2.24, 2.45) is 0 Å². The van der Waals surface area contributed by atoms with Crippen molar-refractivity contribution < 1.29 is 29.0 Å². The Balaban J connectivity index is 3.08. The number of aliphatic carboxylic acids is 1. The zero-order chi connectivity index (χ0) is 20.5. The Labute approximate surface area is 157 Å². The summed E-state index contributed by atoms with van der Waals surface area (Å²) in [6.07, 6.45) is -0.460. The third-order valence-corrected chi connectivity index (χ3v) is 9.30. The van der Waals surface area contributed by atoms with Crippen molar-refractivity contribution in [1.29, 1.82) is 0 Å². The number of hydrogen-bond donors (Lipinski definition) is 2. The van der Waals surface area contributed by atoms with E-state index in [4.69, 9.17) is 9.16 Å². The number of carbonyl (C=O) groups excluding carboxylic acids is 1. The van der Waals surface area contributed by atoms with E-state index in [9.17, 15) is 19.8 Å². The van der Waals surface area contributed by atoms with Crippen LogP contribution in [0.5, 0.6) is 0 Å². The number of amides is 1. The second-order valence-corrected chi connectivity index (χ2v) is 14.0. The number of hydrogen-bond acceptors (Lipinski definition) is 5. The molecule has 0 saturated heterocycles. The number of carboxylic acid groups (broad SMARTS) is 1. The highest BCUT2D eigenvalue weighted by molar-refractivity contribution is 6.74. The number of aliphatic hydroxyl groups excluding tert-OH is 1. The van der Waals surface area contributed by atoms with E-state index < -0.39 is 38.1 Å². The minimum atomic E-state index is -2.08. The molecule has 1 aliphatic rings. The van der Waals surface area contributed by atoms with Gasteiger partial charge in [-0.25, -0.2) is 9.59 Å². The molecule has 150 valence electrons. The number of nitrogens with zero attached hydrogens (tertiary/aromatic N) is 1. The van der Waals surface area contributed by atoms with Crippen LogP contribution >= 0.6 is 0 Å². The maximum Gasteiger partial charge on any atom is 0.410 e. The summed E-state index contributed by atoms with van der Waals surface area (Å²) in [6, 6.07) is -0.603. The quantitative estimate of drug-likeness (QED) is 0.720. The Morgan fingerprint density at radius 1 is 1.23 bits per heavy atom. The van der Waals surface area contributed by atoms with Gasteiger partial charge in [-0.15, -0.1) is 0 Å². The lowest BCUT2D eigenvalue weighted by atomic mass is 10.0. The van der Waals surface area contributed by atoms with Crippen molar-refractivity contribution in [3.63, 3.8) is 0 Å². The number of rotatable bonds is 4. The molecule has 0 unspecified atom stereocenters. The van der Waals surface area contributed by atoms with Crippen molar-refractivity contribution in [2.45, 2.75) is 77.4 Å². The van der Waals surface area contributed by atoms with Crippen LogP contribution in [-0.4, -0.2) is 66.4 Å². The summed E-state index contributed by atoms with van der Waals surface area (Å²) in [5.41, 5.74) is -0.808. The maximum absolute atomic E-state index is 12.5. The molecule has 0 fully saturated rings. The van der Waals surface area contributed by atoms with E-state index in [-0.39, 0.29) is 23.8 Å². The molecule has 2 N–H and O–H groups in total. The lowest BCUT2D eigenvalue weighted by Gasteiger charge is -2.41. The molecule has 1 aliphatic heterocycles. The smallest absolute Gasteiger partial charge is 0.410 e. The molecule has 26 heavy (non-hydrogen) atoms. The molecule has 8 heteroatoms. The highest BCUT2D eigenvalue weighted by atomic mass is 28.4. The molecule has 0 saturated carbocycles. The fraction of sp³-hybridized carbons (Fsp3) is 0.778. The zero-order valence-corrected chi connectivity index (χ0v) is 18.1. The first-order valence-electron chi connectivity index (χ1n) is 8.82. The van der Waals surface area contributed by atoms with Crippen LogP contribution in [0, 0.1) is 0 Å². The summed E-state index contributed by atoms with van der Waals surface area (Å²) in [5.74, 6) is -1.20. The summed E-state index contributed by atoms with van der Waals surface area (Å²) in [6.45, 7) is 15.8. The fourth-order valence-corrected chi connectivity index (χ4v) is 3.24. The monoisotopic (exact) mass is 387 g/mol. The van der Waals surface area contributed by atoms with Crippen LogP contribution < -0.4 is 0 Å². The highest BCUT2D eigenvalue weighted by Crippen LogP contribution is 2.37. The molecule has 0 aromatic heterocycles. The lowest BCUT2D eigenvalue weighted by Crippen LogP contribution is -2.53. The zero-order valence-electron chi connectivity index (χ0n) is 17.1. The number of ether oxygens (including phenoxy) is 1. The minimum absolute atomic E-state index is 0.0166. The Bertz CT molecular complexity index is 573. The summed E-state index contributed by atoms with van der Waals surface area (Å²) >= 11 is 0. The van der Waals surface area contributed by atoms with Gasteiger partial charge < -0.3 is 19.4 Å². The van der Waals surface area contributed by atoms with Gasteiger partial charge in [0.2, 0.25) is 0 Å². The van der Waals surface area contributed by atoms with E-state index in [1.165, 1.54) is 11.0 Å². The van der Waals surface area contributed by atoms with Crippen LogP contribution in [0.15, 0.2) is 11.6 Å². The molecule has 0 spiro atoms. The fourth-order valence-electron chi connectivity index (χ4n) is 2.22. The van der Waals surface area contributed by atoms with Gasteiger partial charge in [-0.05, 0) is 45.0 Å². The summed E-state index contributed by atoms with van der Waals surface area (Å²) in [7, 11) is -2.08. The number of aliphatic hydroxyl groups is 1. The predicted octanol–water partition coefficient (Wildman–Crippen LogP) is 3.00. The third-order valence-electron chi connectivity index (χ3n) is 4.80. The Hall–Kier alpha value is -1.38. The van der Waals surface area contributed by atoms with Crippen molar-refractivity contribution >= 4 is 20.4 Å². The van der Waals surface area contributed by atoms with Gasteiger partial charge in [0, 0.05) is 0 Å². The maximum atomic E-state index is 12.5. The van der Waals surface area contributed by atoms with E-state index in [2.05, 4.69) is 33.9 Å². The second kappa shape index (κ2) is 7.70. The molecular weight excluding hydrogens is 354 g/mol. The van der Waals surface area contributed by atoms with E-state index >= 15 is 0 Å². The molecule has 2 atom stereocenters. The highest BCUT2D eigenvalue weighted by Gasteiger charge is 2.40. The molecule has 1 rings (SSSR count). The van der Waals surface area contributed by atoms with E-state index in [0.29, 0.717) is 0 Å². The average Bonchev–Trinajstić information content (AvgIpc) is 2.42. The minimum Gasteiger partial charge on any atom is -0.478 e. The van der Waals surface area contributed by atoms with Gasteiger partial charge in [-0.2, -0.15) is 0 Å². The second-order valence-electron chi connectivity index (χ2n) is 9.21. The van der Waals surface area contributed by atoms with E-state index in [0.717, 1.165) is 0 Å². The molecule has 0 radical (unpaired) electrons. The van der Waals surface area contributed by atoms with Crippen LogP contribution in [-0.2, 0) is 14.0 Å². The van der Waals surface area contributed by atoms with Gasteiger partial charge >= 0.3 is 12.1 Å². The molecule has 0 aromatic carbocycles. The van der Waals surface area contributed by atoms with Crippen molar-refractivity contribution in [3.8, 4) is 0 Å². The van der Waals surface area contributed by atoms with Crippen molar-refractivity contribution in [2.75, 3.05) is 13.2 Å². The standard InChI is InChI=1S/C18H33NO6Si/c1-17(2,3)25-16(23)19-10-14(20)13(15(21)22)9-12(19)11-24-26(7,8)18(4,5)6/h9,12,14,20H,10-11H2,1-8H3,(H,21,22)/t12-,14+/m0/s1. The van der Waals surface area contributed by atoms with Crippen LogP contribution in [0.3, 0.4) is 0 Å². The van der Waals surface area contributed by atoms with Crippen molar-refractivity contribution in [3.05, 3.63) is 11.6 Å². The van der Waals surface area contributed by atoms with E-state index in [1.807, 2.05) is 0 Å². The van der Waals surface area contributed by atoms with E-state index in [1.54, 1.807) is 20.8 Å². The first kappa shape index (κ1) is 22.7. The van der Waals surface area contributed by atoms with Crippen molar-refractivity contribution in [1.82, 2.24) is 4.90 Å². The van der Waals surface area contributed by atoms with Gasteiger partial charge in [0.05, 0.1) is 24.8 Å². The molecule has 1 heterocycles. The third kappa shape index (κ3) is 5.82. The predicted molar refractivity (Wildman–Crippen MR) is 102 cm³/mol. The average molecular weight is 388 g/mol. The Morgan fingerprint density at radius 3 is 2.19 bits per heavy atom. The summed E-state index contributed by atoms with van der Waals surface area (Å²) in [5, 5.41) is 19.4. The number of carboxylic acids is 1. The van der Waals surface area contributed by atoms with Crippen LogP contribution in [0.2, 0.25) is 18.1 Å². The largest absolute Gasteiger partial charge is 0.478 e. The van der Waals surface area contributed by atoms with Gasteiger partial charge in [0.1, 0.15) is 11.7 Å². The number of carbonyl (C=O) groups is 2. The molecule has 7 nitrogen and oxygen atoms in total. The Morgan fingerprint density at radius 2 is 1.77 bits per heavy atom. The molecule has 1 amide bonds. The van der Waals surface area contributed by atoms with Gasteiger partial charge in [0.15, 0.2) is 8.32 Å². The normalized spacial score (nSPS) is 22.0. The molecule has 0 bridgehead atoms. The van der Waals surface area contributed by atoms with Crippen LogP contribution in [0.1, 0.15) is 41.5 Å². The van der Waals surface area contributed by atoms with Crippen LogP contribution in [0.25, 0.3) is 0 Å².